The standard InChI is InChI=1S/C9H7NO2S/c11-8-7-3-6(13)2-1-5(7)4-10-9(8)12/h1-4,11,13H,(H,10,12). The summed E-state index contributed by atoms with van der Waals surface area (Å²) >= 11 is 4.12. The zero-order valence-corrected chi connectivity index (χ0v) is 7.51. The number of H-pyrrole nitrogens is 1. The maximum Gasteiger partial charge on any atom is 0.290 e. The summed E-state index contributed by atoms with van der Waals surface area (Å²) in [5, 5.41) is 10.7. The van der Waals surface area contributed by atoms with Crippen molar-refractivity contribution in [3.05, 3.63) is 34.7 Å². The van der Waals surface area contributed by atoms with Gasteiger partial charge in [-0.25, -0.2) is 0 Å². The molecule has 0 bridgehead atoms. The van der Waals surface area contributed by atoms with Crippen molar-refractivity contribution in [1.29, 1.82) is 0 Å². The fourth-order valence-electron chi connectivity index (χ4n) is 1.21. The van der Waals surface area contributed by atoms with Gasteiger partial charge in [0.1, 0.15) is 0 Å². The molecule has 0 aliphatic rings. The molecule has 1 aromatic carbocycles. The van der Waals surface area contributed by atoms with Crippen LogP contribution in [0.2, 0.25) is 0 Å². The molecule has 0 spiro atoms. The highest BCUT2D eigenvalue weighted by molar-refractivity contribution is 7.80. The van der Waals surface area contributed by atoms with Crippen molar-refractivity contribution < 1.29 is 5.11 Å². The number of aromatic amines is 1. The topological polar surface area (TPSA) is 53.1 Å². The highest BCUT2D eigenvalue weighted by atomic mass is 32.1. The minimum Gasteiger partial charge on any atom is -0.503 e. The number of rotatable bonds is 0. The third-order valence-corrected chi connectivity index (χ3v) is 2.14. The molecule has 0 saturated heterocycles. The van der Waals surface area contributed by atoms with E-state index in [1.165, 1.54) is 0 Å². The summed E-state index contributed by atoms with van der Waals surface area (Å²) in [5.74, 6) is -0.256. The normalized spacial score (nSPS) is 10.5. The van der Waals surface area contributed by atoms with Crippen LogP contribution >= 0.6 is 12.6 Å². The predicted molar refractivity (Wildman–Crippen MR) is 53.5 cm³/mol. The molecular formula is C9H7NO2S. The van der Waals surface area contributed by atoms with E-state index >= 15 is 0 Å². The van der Waals surface area contributed by atoms with Crippen LogP contribution in [0.3, 0.4) is 0 Å². The molecule has 0 amide bonds. The lowest BCUT2D eigenvalue weighted by atomic mass is 10.2. The summed E-state index contributed by atoms with van der Waals surface area (Å²) < 4.78 is 0. The fourth-order valence-corrected chi connectivity index (χ4v) is 1.41. The second-order valence-electron chi connectivity index (χ2n) is 2.74. The second kappa shape index (κ2) is 2.81. The van der Waals surface area contributed by atoms with E-state index < -0.39 is 5.56 Å². The van der Waals surface area contributed by atoms with Gasteiger partial charge >= 0.3 is 0 Å². The number of thiol groups is 1. The van der Waals surface area contributed by atoms with E-state index in [0.29, 0.717) is 10.3 Å². The van der Waals surface area contributed by atoms with Gasteiger partial charge in [-0.1, -0.05) is 6.07 Å². The molecule has 1 heterocycles. The van der Waals surface area contributed by atoms with Crippen molar-refractivity contribution in [2.24, 2.45) is 0 Å². The summed E-state index contributed by atoms with van der Waals surface area (Å²) in [6, 6.07) is 5.24. The van der Waals surface area contributed by atoms with Crippen LogP contribution in [0.5, 0.6) is 5.75 Å². The average molecular weight is 193 g/mol. The van der Waals surface area contributed by atoms with Gasteiger partial charge in [0.2, 0.25) is 0 Å². The van der Waals surface area contributed by atoms with Crippen LogP contribution in [0.1, 0.15) is 0 Å². The van der Waals surface area contributed by atoms with Crippen LogP contribution < -0.4 is 5.56 Å². The van der Waals surface area contributed by atoms with Crippen LogP contribution in [0.25, 0.3) is 10.8 Å². The third-order valence-electron chi connectivity index (χ3n) is 1.87. The van der Waals surface area contributed by atoms with Gasteiger partial charge in [-0.2, -0.15) is 0 Å². The number of aromatic nitrogens is 1. The fraction of sp³-hybridized carbons (Fsp3) is 0. The van der Waals surface area contributed by atoms with E-state index in [2.05, 4.69) is 17.6 Å². The van der Waals surface area contributed by atoms with Crippen molar-refractivity contribution in [2.75, 3.05) is 0 Å². The maximum absolute atomic E-state index is 11.0. The van der Waals surface area contributed by atoms with Crippen LogP contribution in [-0.4, -0.2) is 10.1 Å². The summed E-state index contributed by atoms with van der Waals surface area (Å²) in [5.41, 5.74) is -0.480. The number of aromatic hydroxyl groups is 1. The minimum atomic E-state index is -0.480. The summed E-state index contributed by atoms with van der Waals surface area (Å²) in [4.78, 5) is 14.2. The predicted octanol–water partition coefficient (Wildman–Crippen LogP) is 1.52. The Kier molecular flexibility index (Phi) is 1.77. The summed E-state index contributed by atoms with van der Waals surface area (Å²) in [6.45, 7) is 0. The SMILES string of the molecule is O=c1[nH]cc2ccc(S)cc2c1O. The molecule has 1 aromatic heterocycles. The molecule has 2 N–H and O–H groups in total. The second-order valence-corrected chi connectivity index (χ2v) is 3.25. The highest BCUT2D eigenvalue weighted by Crippen LogP contribution is 2.22. The maximum atomic E-state index is 11.0. The van der Waals surface area contributed by atoms with E-state index in [1.54, 1.807) is 24.4 Å². The Bertz CT molecular complexity index is 518. The Morgan fingerprint density at radius 3 is 2.92 bits per heavy atom. The zero-order valence-electron chi connectivity index (χ0n) is 6.61. The van der Waals surface area contributed by atoms with Gasteiger partial charge in [-0.3, -0.25) is 4.79 Å². The van der Waals surface area contributed by atoms with E-state index in [-0.39, 0.29) is 5.75 Å². The van der Waals surface area contributed by atoms with Crippen LogP contribution in [-0.2, 0) is 0 Å². The molecule has 0 atom stereocenters. The first-order valence-electron chi connectivity index (χ1n) is 3.72. The molecule has 4 heteroatoms. The Labute approximate surface area is 79.4 Å². The monoisotopic (exact) mass is 193 g/mol. The minimum absolute atomic E-state index is 0.256. The smallest absolute Gasteiger partial charge is 0.290 e. The van der Waals surface area contributed by atoms with E-state index in [9.17, 15) is 9.90 Å². The molecule has 3 nitrogen and oxygen atoms in total. The van der Waals surface area contributed by atoms with Crippen LogP contribution in [0.15, 0.2) is 34.1 Å². The lowest BCUT2D eigenvalue weighted by molar-refractivity contribution is 0.473. The first-order chi connectivity index (χ1) is 6.18. The Balaban J connectivity index is 2.97. The quantitative estimate of drug-likeness (QED) is 0.556. The molecule has 0 aliphatic carbocycles. The van der Waals surface area contributed by atoms with Gasteiger partial charge in [0.05, 0.1) is 0 Å². The molecule has 66 valence electrons. The molecule has 0 fully saturated rings. The molecule has 0 saturated carbocycles. The molecule has 2 aromatic rings. The third kappa shape index (κ3) is 1.29. The number of hydrogen-bond donors (Lipinski definition) is 3. The molecule has 0 aliphatic heterocycles. The molecule has 13 heavy (non-hydrogen) atoms. The number of pyridine rings is 1. The van der Waals surface area contributed by atoms with Crippen molar-refractivity contribution in [2.45, 2.75) is 4.90 Å². The van der Waals surface area contributed by atoms with Crippen LogP contribution in [0.4, 0.5) is 0 Å². The number of fused-ring (bicyclic) bond motifs is 1. The van der Waals surface area contributed by atoms with E-state index in [1.807, 2.05) is 0 Å². The van der Waals surface area contributed by atoms with Crippen molar-refractivity contribution in [3.8, 4) is 5.75 Å². The summed E-state index contributed by atoms with van der Waals surface area (Å²) in [7, 11) is 0. The zero-order chi connectivity index (χ0) is 9.42. The van der Waals surface area contributed by atoms with Crippen molar-refractivity contribution in [3.63, 3.8) is 0 Å². The Morgan fingerprint density at radius 1 is 1.38 bits per heavy atom. The molecular weight excluding hydrogens is 186 g/mol. The first kappa shape index (κ1) is 8.19. The average Bonchev–Trinajstić information content (AvgIpc) is 2.12. The summed E-state index contributed by atoms with van der Waals surface area (Å²) in [6.07, 6.45) is 1.56. The Hall–Kier alpha value is -1.42. The Morgan fingerprint density at radius 2 is 2.15 bits per heavy atom. The lowest BCUT2D eigenvalue weighted by Gasteiger charge is -1.99. The van der Waals surface area contributed by atoms with Crippen molar-refractivity contribution in [1.82, 2.24) is 4.98 Å². The molecule has 0 unspecified atom stereocenters. The van der Waals surface area contributed by atoms with Gasteiger partial charge in [0.15, 0.2) is 5.75 Å². The number of benzene rings is 1. The van der Waals surface area contributed by atoms with Gasteiger partial charge < -0.3 is 10.1 Å². The van der Waals surface area contributed by atoms with Crippen molar-refractivity contribution >= 4 is 23.4 Å². The first-order valence-corrected chi connectivity index (χ1v) is 4.16. The molecule has 0 radical (unpaired) electrons. The molecule has 2 rings (SSSR count). The lowest BCUT2D eigenvalue weighted by Crippen LogP contribution is -2.03. The van der Waals surface area contributed by atoms with E-state index in [0.717, 1.165) is 5.39 Å². The number of hydrogen-bond acceptors (Lipinski definition) is 3. The van der Waals surface area contributed by atoms with Gasteiger partial charge in [0, 0.05) is 21.9 Å². The van der Waals surface area contributed by atoms with Gasteiger partial charge in [0.25, 0.3) is 5.56 Å². The van der Waals surface area contributed by atoms with E-state index in [4.69, 9.17) is 0 Å². The van der Waals surface area contributed by atoms with Gasteiger partial charge in [-0.05, 0) is 12.1 Å². The van der Waals surface area contributed by atoms with Crippen LogP contribution in [0, 0.1) is 0 Å². The van der Waals surface area contributed by atoms with Gasteiger partial charge in [-0.15, -0.1) is 12.6 Å². The highest BCUT2D eigenvalue weighted by Gasteiger charge is 2.03. The largest absolute Gasteiger partial charge is 0.503 e. The number of nitrogens with one attached hydrogen (secondary N) is 1.